The summed E-state index contributed by atoms with van der Waals surface area (Å²) in [7, 11) is 3.54. The first-order chi connectivity index (χ1) is 13.9. The molecule has 1 aromatic carbocycles. The highest BCUT2D eigenvalue weighted by Gasteiger charge is 2.21. The molecule has 1 heterocycles. The van der Waals surface area contributed by atoms with Gasteiger partial charge in [0.25, 0.3) is 0 Å². The maximum atomic E-state index is 13.0. The largest absolute Gasteiger partial charge is 0.383 e. The zero-order valence-electron chi connectivity index (χ0n) is 17.4. The van der Waals surface area contributed by atoms with Gasteiger partial charge >= 0.3 is 6.03 Å². The minimum Gasteiger partial charge on any atom is -0.383 e. The fraction of sp³-hybridized carbons (Fsp3) is 0.364. The fourth-order valence-electron chi connectivity index (χ4n) is 2.91. The number of hydrogen-bond donors (Lipinski definition) is 1. The maximum absolute atomic E-state index is 13.0. The normalized spacial score (nSPS) is 10.4. The number of benzene rings is 1. The highest BCUT2D eigenvalue weighted by molar-refractivity contribution is 5.92. The van der Waals surface area contributed by atoms with E-state index in [1.165, 1.54) is 4.90 Å². The van der Waals surface area contributed by atoms with Crippen molar-refractivity contribution in [3.63, 3.8) is 0 Å². The van der Waals surface area contributed by atoms with E-state index < -0.39 is 0 Å². The van der Waals surface area contributed by atoms with Gasteiger partial charge in [0, 0.05) is 44.8 Å². The van der Waals surface area contributed by atoms with E-state index in [0.717, 1.165) is 11.3 Å². The number of hydrogen-bond acceptors (Lipinski definition) is 3. The van der Waals surface area contributed by atoms with Gasteiger partial charge < -0.3 is 24.4 Å². The number of aryl methyl sites for hydroxylation is 2. The Kier molecular flexibility index (Phi) is 8.48. The number of aromatic nitrogens is 1. The lowest BCUT2D eigenvalue weighted by Gasteiger charge is -2.27. The van der Waals surface area contributed by atoms with Crippen LogP contribution in [0, 0.1) is 6.92 Å². The highest BCUT2D eigenvalue weighted by Crippen LogP contribution is 2.11. The van der Waals surface area contributed by atoms with E-state index in [1.54, 1.807) is 18.1 Å². The molecule has 0 saturated carbocycles. The topological polar surface area (TPSA) is 66.8 Å². The first-order valence-corrected chi connectivity index (χ1v) is 9.55. The summed E-state index contributed by atoms with van der Waals surface area (Å²) in [5.74, 6) is -0.149. The second-order valence-corrected chi connectivity index (χ2v) is 6.89. The van der Waals surface area contributed by atoms with E-state index in [-0.39, 0.29) is 25.0 Å². The molecule has 7 nitrogen and oxygen atoms in total. The number of methoxy groups -OCH3 is 1. The number of anilines is 1. The van der Waals surface area contributed by atoms with Gasteiger partial charge in [0.05, 0.1) is 13.2 Å². The van der Waals surface area contributed by atoms with Crippen molar-refractivity contribution >= 4 is 17.6 Å². The first kappa shape index (κ1) is 22.2. The Morgan fingerprint density at radius 1 is 1.24 bits per heavy atom. The fourth-order valence-corrected chi connectivity index (χ4v) is 2.91. The van der Waals surface area contributed by atoms with Crippen LogP contribution in [0.25, 0.3) is 0 Å². The van der Waals surface area contributed by atoms with Crippen molar-refractivity contribution in [3.05, 3.63) is 66.5 Å². The standard InChI is InChI=1S/C22H30N4O3/c1-5-11-26(22(28)23-19-9-6-8-18(2)15-19)17-21(27)25(13-14-29-4)16-20-10-7-12-24(20)3/h5-10,12,15H,1,11,13-14,16-17H2,2-4H3,(H,23,28). The zero-order valence-corrected chi connectivity index (χ0v) is 17.4. The van der Waals surface area contributed by atoms with E-state index in [1.807, 2.05) is 61.1 Å². The van der Waals surface area contributed by atoms with Crippen LogP contribution in [0.2, 0.25) is 0 Å². The molecule has 0 aliphatic heterocycles. The number of urea groups is 1. The maximum Gasteiger partial charge on any atom is 0.322 e. The van der Waals surface area contributed by atoms with Crippen molar-refractivity contribution in [1.29, 1.82) is 0 Å². The number of rotatable bonds is 10. The van der Waals surface area contributed by atoms with Gasteiger partial charge in [0.15, 0.2) is 0 Å². The quantitative estimate of drug-likeness (QED) is 0.626. The third-order valence-electron chi connectivity index (χ3n) is 4.55. The lowest BCUT2D eigenvalue weighted by atomic mass is 10.2. The molecule has 0 bridgehead atoms. The van der Waals surface area contributed by atoms with Gasteiger partial charge in [-0.15, -0.1) is 6.58 Å². The molecule has 0 spiro atoms. The van der Waals surface area contributed by atoms with Crippen LogP contribution in [0.5, 0.6) is 0 Å². The first-order valence-electron chi connectivity index (χ1n) is 9.55. The van der Waals surface area contributed by atoms with E-state index in [2.05, 4.69) is 11.9 Å². The summed E-state index contributed by atoms with van der Waals surface area (Å²) in [6, 6.07) is 11.1. The minimum absolute atomic E-state index is 0.0438. The molecule has 0 aliphatic carbocycles. The molecule has 0 saturated heterocycles. The molecule has 29 heavy (non-hydrogen) atoms. The molecule has 0 atom stereocenters. The Morgan fingerprint density at radius 3 is 2.66 bits per heavy atom. The molecule has 2 aromatic rings. The number of amides is 3. The summed E-state index contributed by atoms with van der Waals surface area (Å²) in [4.78, 5) is 28.9. The predicted molar refractivity (Wildman–Crippen MR) is 115 cm³/mol. The molecular formula is C22H30N4O3. The molecule has 156 valence electrons. The summed E-state index contributed by atoms with van der Waals surface area (Å²) < 4.78 is 7.12. The summed E-state index contributed by atoms with van der Waals surface area (Å²) >= 11 is 0. The Balaban J connectivity index is 2.08. The lowest BCUT2D eigenvalue weighted by molar-refractivity contribution is -0.133. The van der Waals surface area contributed by atoms with Crippen molar-refractivity contribution < 1.29 is 14.3 Å². The third-order valence-corrected chi connectivity index (χ3v) is 4.55. The second kappa shape index (κ2) is 11.1. The number of carbonyl (C=O) groups excluding carboxylic acids is 2. The summed E-state index contributed by atoms with van der Waals surface area (Å²) in [5, 5.41) is 2.85. The summed E-state index contributed by atoms with van der Waals surface area (Å²) in [6.07, 6.45) is 3.55. The van der Waals surface area contributed by atoms with Crippen LogP contribution in [0.3, 0.4) is 0 Å². The van der Waals surface area contributed by atoms with Crippen LogP contribution >= 0.6 is 0 Å². The van der Waals surface area contributed by atoms with E-state index in [9.17, 15) is 9.59 Å². The van der Waals surface area contributed by atoms with E-state index in [0.29, 0.717) is 25.4 Å². The number of carbonyl (C=O) groups is 2. The molecule has 1 aromatic heterocycles. The van der Waals surface area contributed by atoms with Crippen LogP contribution in [0.1, 0.15) is 11.3 Å². The molecule has 7 heteroatoms. The van der Waals surface area contributed by atoms with Crippen LogP contribution in [-0.4, -0.2) is 59.7 Å². The highest BCUT2D eigenvalue weighted by atomic mass is 16.5. The summed E-state index contributed by atoms with van der Waals surface area (Å²) in [6.45, 7) is 7.21. The van der Waals surface area contributed by atoms with E-state index >= 15 is 0 Å². The summed E-state index contributed by atoms with van der Waals surface area (Å²) in [5.41, 5.74) is 2.74. The monoisotopic (exact) mass is 398 g/mol. The van der Waals surface area contributed by atoms with E-state index in [4.69, 9.17) is 4.74 Å². The molecule has 0 unspecified atom stereocenters. The van der Waals surface area contributed by atoms with Crippen LogP contribution in [-0.2, 0) is 23.1 Å². The van der Waals surface area contributed by atoms with Gasteiger partial charge in [-0.2, -0.15) is 0 Å². The van der Waals surface area contributed by atoms with Gasteiger partial charge in [-0.1, -0.05) is 18.2 Å². The van der Waals surface area contributed by atoms with Crippen LogP contribution in [0.4, 0.5) is 10.5 Å². The van der Waals surface area contributed by atoms with Gasteiger partial charge in [-0.3, -0.25) is 4.79 Å². The van der Waals surface area contributed by atoms with Gasteiger partial charge in [0.1, 0.15) is 6.54 Å². The molecular weight excluding hydrogens is 368 g/mol. The number of nitrogens with zero attached hydrogens (tertiary/aromatic N) is 3. The van der Waals surface area contributed by atoms with Crippen molar-refractivity contribution in [3.8, 4) is 0 Å². The number of ether oxygens (including phenoxy) is 1. The third kappa shape index (κ3) is 6.80. The smallest absolute Gasteiger partial charge is 0.322 e. The molecule has 0 aliphatic rings. The molecule has 0 radical (unpaired) electrons. The number of nitrogens with one attached hydrogen (secondary N) is 1. The predicted octanol–water partition coefficient (Wildman–Crippen LogP) is 3.03. The van der Waals surface area contributed by atoms with Crippen molar-refractivity contribution in [1.82, 2.24) is 14.4 Å². The SMILES string of the molecule is C=CCN(CC(=O)N(CCOC)Cc1cccn1C)C(=O)Nc1cccc(C)c1. The Hall–Kier alpha value is -3.06. The Labute approximate surface area is 172 Å². The van der Waals surface area contributed by atoms with Crippen molar-refractivity contribution in [2.45, 2.75) is 13.5 Å². The van der Waals surface area contributed by atoms with Gasteiger partial charge in [0.2, 0.25) is 5.91 Å². The average Bonchev–Trinajstić information content (AvgIpc) is 3.09. The Morgan fingerprint density at radius 2 is 2.03 bits per heavy atom. The van der Waals surface area contributed by atoms with Crippen LogP contribution in [0.15, 0.2) is 55.3 Å². The van der Waals surface area contributed by atoms with Gasteiger partial charge in [-0.25, -0.2) is 4.79 Å². The average molecular weight is 399 g/mol. The molecule has 0 fully saturated rings. The van der Waals surface area contributed by atoms with Crippen molar-refractivity contribution in [2.24, 2.45) is 7.05 Å². The minimum atomic E-state index is -0.339. The second-order valence-electron chi connectivity index (χ2n) is 6.89. The van der Waals surface area contributed by atoms with Gasteiger partial charge in [-0.05, 0) is 36.8 Å². The molecule has 2 rings (SSSR count). The van der Waals surface area contributed by atoms with Crippen molar-refractivity contribution in [2.75, 3.05) is 38.7 Å². The molecule has 3 amide bonds. The lowest BCUT2D eigenvalue weighted by Crippen LogP contribution is -2.45. The Bertz CT molecular complexity index is 831. The van der Waals surface area contributed by atoms with Crippen LogP contribution < -0.4 is 5.32 Å². The zero-order chi connectivity index (χ0) is 21.2. The molecule has 1 N–H and O–H groups in total.